The largest absolute Gasteiger partial charge is 0.497 e. The van der Waals surface area contributed by atoms with Gasteiger partial charge in [-0.1, -0.05) is 97.2 Å². The average molecular weight is 683 g/mol. The van der Waals surface area contributed by atoms with E-state index in [9.17, 15) is 18.0 Å². The summed E-state index contributed by atoms with van der Waals surface area (Å²) in [6.07, 6.45) is 1.85. The first kappa shape index (κ1) is 34.8. The molecule has 8 nitrogen and oxygen atoms in total. The van der Waals surface area contributed by atoms with Crippen molar-refractivity contribution in [3.8, 4) is 5.75 Å². The van der Waals surface area contributed by atoms with Crippen LogP contribution in [0.1, 0.15) is 30.9 Å². The van der Waals surface area contributed by atoms with Crippen molar-refractivity contribution < 1.29 is 22.7 Å². The average Bonchev–Trinajstić information content (AvgIpc) is 3.07. The van der Waals surface area contributed by atoms with Gasteiger partial charge in [0.15, 0.2) is 0 Å². The van der Waals surface area contributed by atoms with Crippen molar-refractivity contribution in [3.05, 3.63) is 124 Å². The SMILES string of the molecule is CCCCNC(=O)[C@H](Cc1ccccc1)N(Cc1ccc(Cl)c(Cl)c1)C(=O)CN(c1cccc(OC)c1)S(=O)(=O)c1ccccc1. The lowest BCUT2D eigenvalue weighted by Crippen LogP contribution is -2.53. The van der Waals surface area contributed by atoms with Gasteiger partial charge < -0.3 is 15.0 Å². The minimum Gasteiger partial charge on any atom is -0.497 e. The van der Waals surface area contributed by atoms with E-state index in [1.807, 2.05) is 37.3 Å². The smallest absolute Gasteiger partial charge is 0.264 e. The number of nitrogens with zero attached hydrogens (tertiary/aromatic N) is 2. The van der Waals surface area contributed by atoms with Crippen LogP contribution >= 0.6 is 23.2 Å². The van der Waals surface area contributed by atoms with Crippen LogP contribution in [-0.2, 0) is 32.6 Å². The van der Waals surface area contributed by atoms with E-state index in [0.29, 0.717) is 27.9 Å². The van der Waals surface area contributed by atoms with E-state index in [1.54, 1.807) is 60.7 Å². The molecule has 4 aromatic rings. The van der Waals surface area contributed by atoms with Gasteiger partial charge in [-0.15, -0.1) is 0 Å². The lowest BCUT2D eigenvalue weighted by atomic mass is 10.0. The van der Waals surface area contributed by atoms with Crippen LogP contribution in [0.25, 0.3) is 0 Å². The zero-order valence-corrected chi connectivity index (χ0v) is 28.1. The molecule has 0 aromatic heterocycles. The fourth-order valence-electron chi connectivity index (χ4n) is 4.91. The van der Waals surface area contributed by atoms with Crippen LogP contribution in [0.15, 0.2) is 108 Å². The Labute approximate surface area is 280 Å². The minimum atomic E-state index is -4.22. The molecule has 0 heterocycles. The number of benzene rings is 4. The Kier molecular flexibility index (Phi) is 12.5. The van der Waals surface area contributed by atoms with E-state index in [4.69, 9.17) is 27.9 Å². The highest BCUT2D eigenvalue weighted by Gasteiger charge is 2.34. The minimum absolute atomic E-state index is 0.0137. The van der Waals surface area contributed by atoms with Gasteiger partial charge in [0.1, 0.15) is 18.3 Å². The Morgan fingerprint density at radius 2 is 1.54 bits per heavy atom. The monoisotopic (exact) mass is 681 g/mol. The Bertz CT molecular complexity index is 1720. The Hall–Kier alpha value is -4.05. The Morgan fingerprint density at radius 1 is 0.848 bits per heavy atom. The third-order valence-electron chi connectivity index (χ3n) is 7.39. The number of amides is 2. The Balaban J connectivity index is 1.81. The second-order valence-electron chi connectivity index (χ2n) is 10.6. The molecule has 0 unspecified atom stereocenters. The van der Waals surface area contributed by atoms with Crippen molar-refractivity contribution in [3.63, 3.8) is 0 Å². The predicted molar refractivity (Wildman–Crippen MR) is 183 cm³/mol. The van der Waals surface area contributed by atoms with Crippen molar-refractivity contribution >= 4 is 50.7 Å². The molecule has 0 bridgehead atoms. The van der Waals surface area contributed by atoms with Crippen LogP contribution in [-0.4, -0.2) is 51.4 Å². The zero-order valence-electron chi connectivity index (χ0n) is 25.7. The fraction of sp³-hybridized carbons (Fsp3) is 0.257. The van der Waals surface area contributed by atoms with Crippen LogP contribution in [0.4, 0.5) is 5.69 Å². The van der Waals surface area contributed by atoms with Crippen LogP contribution in [0.2, 0.25) is 10.0 Å². The van der Waals surface area contributed by atoms with E-state index in [-0.39, 0.29) is 29.5 Å². The summed E-state index contributed by atoms with van der Waals surface area (Å²) in [6.45, 7) is 1.85. The van der Waals surface area contributed by atoms with Crippen molar-refractivity contribution in [1.82, 2.24) is 10.2 Å². The van der Waals surface area contributed by atoms with E-state index in [2.05, 4.69) is 5.32 Å². The third kappa shape index (κ3) is 9.02. The summed E-state index contributed by atoms with van der Waals surface area (Å²) in [5, 5.41) is 3.61. The summed E-state index contributed by atoms with van der Waals surface area (Å²) < 4.78 is 34.6. The number of hydrogen-bond acceptors (Lipinski definition) is 5. The fourth-order valence-corrected chi connectivity index (χ4v) is 6.66. The second-order valence-corrected chi connectivity index (χ2v) is 13.3. The lowest BCUT2D eigenvalue weighted by Gasteiger charge is -2.34. The lowest BCUT2D eigenvalue weighted by molar-refractivity contribution is -0.140. The van der Waals surface area contributed by atoms with Gasteiger partial charge >= 0.3 is 0 Å². The number of nitrogens with one attached hydrogen (secondary N) is 1. The van der Waals surface area contributed by atoms with E-state index < -0.39 is 28.5 Å². The molecule has 4 aromatic carbocycles. The van der Waals surface area contributed by atoms with Gasteiger partial charge in [0, 0.05) is 25.6 Å². The number of anilines is 1. The molecule has 0 saturated carbocycles. The zero-order chi connectivity index (χ0) is 33.1. The van der Waals surface area contributed by atoms with Gasteiger partial charge in [-0.05, 0) is 53.9 Å². The quantitative estimate of drug-likeness (QED) is 0.140. The summed E-state index contributed by atoms with van der Waals surface area (Å²) in [4.78, 5) is 29.8. The maximum absolute atomic E-state index is 14.5. The van der Waals surface area contributed by atoms with Gasteiger partial charge in [-0.3, -0.25) is 13.9 Å². The number of halogens is 2. The van der Waals surface area contributed by atoms with Crippen LogP contribution in [0, 0.1) is 0 Å². The number of sulfonamides is 1. The number of methoxy groups -OCH3 is 1. The van der Waals surface area contributed by atoms with E-state index in [1.165, 1.54) is 24.1 Å². The van der Waals surface area contributed by atoms with Crippen LogP contribution in [0.3, 0.4) is 0 Å². The Morgan fingerprint density at radius 3 is 2.20 bits per heavy atom. The van der Waals surface area contributed by atoms with Crippen LogP contribution in [0.5, 0.6) is 5.75 Å². The van der Waals surface area contributed by atoms with Crippen molar-refractivity contribution in [2.24, 2.45) is 0 Å². The molecule has 0 saturated heterocycles. The predicted octanol–water partition coefficient (Wildman–Crippen LogP) is 6.75. The third-order valence-corrected chi connectivity index (χ3v) is 9.92. The number of carbonyl (C=O) groups is 2. The molecule has 0 fully saturated rings. The number of ether oxygens (including phenoxy) is 1. The summed E-state index contributed by atoms with van der Waals surface area (Å²) >= 11 is 12.5. The number of carbonyl (C=O) groups excluding carboxylic acids is 2. The van der Waals surface area contributed by atoms with Gasteiger partial charge in [0.25, 0.3) is 10.0 Å². The highest BCUT2D eigenvalue weighted by atomic mass is 35.5. The first-order chi connectivity index (χ1) is 22.1. The molecule has 242 valence electrons. The molecule has 0 aliphatic carbocycles. The molecular weight excluding hydrogens is 645 g/mol. The summed E-state index contributed by atoms with van der Waals surface area (Å²) in [5.74, 6) is -0.507. The van der Waals surface area contributed by atoms with Crippen molar-refractivity contribution in [2.75, 3.05) is 24.5 Å². The first-order valence-corrected chi connectivity index (χ1v) is 17.1. The molecular formula is C35H37Cl2N3O5S. The van der Waals surface area contributed by atoms with Crippen molar-refractivity contribution in [2.45, 2.75) is 43.7 Å². The molecule has 0 spiro atoms. The highest BCUT2D eigenvalue weighted by molar-refractivity contribution is 7.92. The summed E-state index contributed by atoms with van der Waals surface area (Å²) in [7, 11) is -2.75. The van der Waals surface area contributed by atoms with Gasteiger partial charge in [0.2, 0.25) is 11.8 Å². The molecule has 0 aliphatic heterocycles. The first-order valence-electron chi connectivity index (χ1n) is 14.9. The van der Waals surface area contributed by atoms with Crippen LogP contribution < -0.4 is 14.4 Å². The van der Waals surface area contributed by atoms with Crippen molar-refractivity contribution in [1.29, 1.82) is 0 Å². The maximum atomic E-state index is 14.5. The topological polar surface area (TPSA) is 96.0 Å². The number of rotatable bonds is 15. The molecule has 2 amide bonds. The van der Waals surface area contributed by atoms with Gasteiger partial charge in [-0.2, -0.15) is 0 Å². The number of unbranched alkanes of at least 4 members (excludes halogenated alkanes) is 1. The molecule has 0 radical (unpaired) electrons. The molecule has 1 atom stereocenters. The van der Waals surface area contributed by atoms with E-state index in [0.717, 1.165) is 22.7 Å². The summed E-state index contributed by atoms with van der Waals surface area (Å²) in [5.41, 5.74) is 1.70. The standard InChI is InChI=1S/C35H37Cl2N3O5S/c1-3-4-20-38-35(42)33(22-26-12-7-5-8-13-26)39(24-27-18-19-31(36)32(37)21-27)34(41)25-40(28-14-11-15-29(23-28)45-2)46(43,44)30-16-9-6-10-17-30/h5-19,21,23,33H,3-4,20,22,24-25H2,1-2H3,(H,38,42)/t33-/m0/s1. The maximum Gasteiger partial charge on any atom is 0.264 e. The molecule has 0 aliphatic rings. The molecule has 46 heavy (non-hydrogen) atoms. The normalized spacial score (nSPS) is 11.8. The van der Waals surface area contributed by atoms with E-state index >= 15 is 0 Å². The van der Waals surface area contributed by atoms with Gasteiger partial charge in [-0.25, -0.2) is 8.42 Å². The molecule has 4 rings (SSSR count). The number of hydrogen-bond donors (Lipinski definition) is 1. The van der Waals surface area contributed by atoms with Gasteiger partial charge in [0.05, 0.1) is 27.7 Å². The molecule has 11 heteroatoms. The highest BCUT2D eigenvalue weighted by Crippen LogP contribution is 2.29. The molecule has 1 N–H and O–H groups in total. The second kappa shape index (κ2) is 16.5. The summed E-state index contributed by atoms with van der Waals surface area (Å²) in [6, 6.07) is 27.8.